The summed E-state index contributed by atoms with van der Waals surface area (Å²) in [6, 6.07) is 0. The number of carbonyl (C=O) groups is 2. The highest BCUT2D eigenvalue weighted by Gasteiger charge is 1.93. The van der Waals surface area contributed by atoms with Gasteiger partial charge in [0.1, 0.15) is 6.29 Å². The zero-order valence-corrected chi connectivity index (χ0v) is 19.8. The molecule has 3 nitrogen and oxygen atoms in total. The maximum atomic E-state index is 10.5. The molecule has 0 aromatic carbocycles. The molecular formula is C27H46O3. The Labute approximate surface area is 186 Å². The summed E-state index contributed by atoms with van der Waals surface area (Å²) in [5.41, 5.74) is 0. The van der Waals surface area contributed by atoms with Crippen LogP contribution in [0.2, 0.25) is 0 Å². The Kier molecular flexibility index (Phi) is 29.6. The Hall–Kier alpha value is -1.90. The first-order chi connectivity index (χ1) is 14.7. The molecule has 0 aromatic rings. The van der Waals surface area contributed by atoms with E-state index in [1.54, 1.807) is 6.08 Å². The molecule has 0 radical (unpaired) electrons. The van der Waals surface area contributed by atoms with Crippen LogP contribution in [0, 0.1) is 0 Å². The molecule has 0 aliphatic heterocycles. The van der Waals surface area contributed by atoms with E-state index >= 15 is 0 Å². The number of rotatable bonds is 18. The number of esters is 1. The summed E-state index contributed by atoms with van der Waals surface area (Å²) < 4.78 is 4.88. The van der Waals surface area contributed by atoms with Crippen molar-refractivity contribution in [3.05, 3.63) is 48.6 Å². The zero-order valence-electron chi connectivity index (χ0n) is 19.8. The molecule has 0 bridgehead atoms. The molecule has 0 amide bonds. The van der Waals surface area contributed by atoms with Gasteiger partial charge >= 0.3 is 5.97 Å². The van der Waals surface area contributed by atoms with Gasteiger partial charge in [0, 0.05) is 6.92 Å². The molecule has 0 spiro atoms. The fourth-order valence-electron chi connectivity index (χ4n) is 2.58. The molecule has 0 heterocycles. The second kappa shape index (κ2) is 29.3. The van der Waals surface area contributed by atoms with Gasteiger partial charge in [0.25, 0.3) is 0 Å². The first-order valence-electron chi connectivity index (χ1n) is 11.9. The second-order valence-electron chi connectivity index (χ2n) is 7.34. The molecular weight excluding hydrogens is 372 g/mol. The number of hydrogen-bond acceptors (Lipinski definition) is 3. The van der Waals surface area contributed by atoms with Gasteiger partial charge in [-0.25, -0.2) is 0 Å². The first kappa shape index (κ1) is 30.3. The molecule has 0 rings (SSSR count). The minimum Gasteiger partial charge on any atom is -0.466 e. The molecule has 0 N–H and O–H groups in total. The van der Waals surface area contributed by atoms with Crippen LogP contribution in [0.4, 0.5) is 0 Å². The van der Waals surface area contributed by atoms with Crippen LogP contribution in [0.3, 0.4) is 0 Å². The zero-order chi connectivity index (χ0) is 22.5. The van der Waals surface area contributed by atoms with Crippen LogP contribution < -0.4 is 0 Å². The minimum absolute atomic E-state index is 0.169. The van der Waals surface area contributed by atoms with E-state index in [1.165, 1.54) is 77.2 Å². The summed E-state index contributed by atoms with van der Waals surface area (Å²) in [5.74, 6) is -0.169. The normalized spacial score (nSPS) is 11.4. The van der Waals surface area contributed by atoms with Crippen molar-refractivity contribution < 1.29 is 14.3 Å². The van der Waals surface area contributed by atoms with Crippen molar-refractivity contribution in [3.63, 3.8) is 0 Å². The van der Waals surface area contributed by atoms with E-state index in [4.69, 9.17) is 4.74 Å². The van der Waals surface area contributed by atoms with Gasteiger partial charge in [-0.2, -0.15) is 0 Å². The van der Waals surface area contributed by atoms with Crippen molar-refractivity contribution in [2.24, 2.45) is 0 Å². The van der Waals surface area contributed by atoms with Crippen LogP contribution >= 0.6 is 0 Å². The third-order valence-corrected chi connectivity index (χ3v) is 4.34. The van der Waals surface area contributed by atoms with Crippen LogP contribution in [0.25, 0.3) is 0 Å². The smallest absolute Gasteiger partial charge is 0.302 e. The highest BCUT2D eigenvalue weighted by atomic mass is 16.5. The van der Waals surface area contributed by atoms with Gasteiger partial charge in [-0.3, -0.25) is 9.59 Å². The van der Waals surface area contributed by atoms with Gasteiger partial charge in [0.05, 0.1) is 6.61 Å². The van der Waals surface area contributed by atoms with Gasteiger partial charge in [-0.15, -0.1) is 0 Å². The monoisotopic (exact) mass is 418 g/mol. The van der Waals surface area contributed by atoms with E-state index in [0.717, 1.165) is 25.5 Å². The van der Waals surface area contributed by atoms with E-state index in [0.29, 0.717) is 6.61 Å². The summed E-state index contributed by atoms with van der Waals surface area (Å²) in [5, 5.41) is 0. The molecule has 3 heteroatoms. The van der Waals surface area contributed by atoms with Crippen molar-refractivity contribution >= 4 is 12.3 Å². The number of aldehydes is 1. The number of hydrogen-bond donors (Lipinski definition) is 0. The van der Waals surface area contributed by atoms with Gasteiger partial charge in [-0.1, -0.05) is 101 Å². The highest BCUT2D eigenvalue weighted by molar-refractivity contribution is 5.65. The van der Waals surface area contributed by atoms with Crippen molar-refractivity contribution in [1.82, 2.24) is 0 Å². The molecule has 0 aromatic heterocycles. The van der Waals surface area contributed by atoms with Gasteiger partial charge in [0.15, 0.2) is 0 Å². The number of allylic oxidation sites excluding steroid dienone is 8. The maximum Gasteiger partial charge on any atom is 0.302 e. The van der Waals surface area contributed by atoms with Crippen LogP contribution in [0.1, 0.15) is 104 Å². The van der Waals surface area contributed by atoms with E-state index in [2.05, 4.69) is 44.2 Å². The average Bonchev–Trinajstić information content (AvgIpc) is 2.74. The van der Waals surface area contributed by atoms with Crippen molar-refractivity contribution in [2.45, 2.75) is 104 Å². The number of unbranched alkanes of at least 4 members (excludes halogenated alkanes) is 10. The van der Waals surface area contributed by atoms with E-state index < -0.39 is 0 Å². The van der Waals surface area contributed by atoms with Crippen LogP contribution in [-0.4, -0.2) is 18.9 Å². The molecule has 0 aliphatic rings. The van der Waals surface area contributed by atoms with Crippen molar-refractivity contribution in [1.29, 1.82) is 0 Å². The lowest BCUT2D eigenvalue weighted by atomic mass is 10.1. The molecule has 0 aliphatic carbocycles. The Morgan fingerprint density at radius 2 is 1.13 bits per heavy atom. The summed E-state index contributed by atoms with van der Waals surface area (Å²) >= 11 is 0. The topological polar surface area (TPSA) is 43.4 Å². The summed E-state index contributed by atoms with van der Waals surface area (Å²) in [4.78, 5) is 20.3. The third-order valence-electron chi connectivity index (χ3n) is 4.34. The molecule has 0 unspecified atom stereocenters. The summed E-state index contributed by atoms with van der Waals surface area (Å²) in [7, 11) is 0. The Balaban J connectivity index is 0. The van der Waals surface area contributed by atoms with Gasteiger partial charge < -0.3 is 4.74 Å². The second-order valence-corrected chi connectivity index (χ2v) is 7.34. The molecule has 30 heavy (non-hydrogen) atoms. The Morgan fingerprint density at radius 1 is 0.633 bits per heavy atom. The predicted molar refractivity (Wildman–Crippen MR) is 131 cm³/mol. The minimum atomic E-state index is -0.169. The van der Waals surface area contributed by atoms with E-state index in [1.807, 2.05) is 6.08 Å². The van der Waals surface area contributed by atoms with Gasteiger partial charge in [0.2, 0.25) is 0 Å². The summed E-state index contributed by atoms with van der Waals surface area (Å²) in [6.07, 6.45) is 32.7. The molecule has 0 atom stereocenters. The standard InChI is InChI=1S/C17H30O2.C10H16O/c1-3-4-5-6-7-8-9-10-11-12-13-14-15-16-19-17(2)18;1-2-3-4-5-6-7-8-9-10-11/h6-9H,3-5,10-16H2,1-2H3;6-10H,2-5H2,1H3/b2*7-6+,9-8+. The Bertz CT molecular complexity index is 472. The van der Waals surface area contributed by atoms with Crippen LogP contribution in [-0.2, 0) is 14.3 Å². The first-order valence-corrected chi connectivity index (χ1v) is 11.9. The summed E-state index contributed by atoms with van der Waals surface area (Å²) in [6.45, 7) is 6.45. The SMILES string of the molecule is CCCC/C=C/C=C/CCCCCCCOC(C)=O.CCCCC/C=C/C=C/C=O. The molecule has 172 valence electrons. The maximum absolute atomic E-state index is 10.5. The molecule has 0 fully saturated rings. The number of ether oxygens (including phenoxy) is 1. The van der Waals surface area contributed by atoms with Gasteiger partial charge in [-0.05, 0) is 44.6 Å². The van der Waals surface area contributed by atoms with E-state index in [9.17, 15) is 9.59 Å². The average molecular weight is 419 g/mol. The lowest BCUT2D eigenvalue weighted by Gasteiger charge is -2.01. The Morgan fingerprint density at radius 3 is 1.70 bits per heavy atom. The van der Waals surface area contributed by atoms with E-state index in [-0.39, 0.29) is 5.97 Å². The fraction of sp³-hybridized carbons (Fsp3) is 0.630. The van der Waals surface area contributed by atoms with Crippen molar-refractivity contribution in [3.8, 4) is 0 Å². The third kappa shape index (κ3) is 33.7. The predicted octanol–water partition coefficient (Wildman–Crippen LogP) is 8.07. The number of carbonyl (C=O) groups excluding carboxylic acids is 2. The van der Waals surface area contributed by atoms with Crippen molar-refractivity contribution in [2.75, 3.05) is 6.61 Å². The highest BCUT2D eigenvalue weighted by Crippen LogP contribution is 2.06. The largest absolute Gasteiger partial charge is 0.466 e. The quantitative estimate of drug-likeness (QED) is 0.0743. The lowest BCUT2D eigenvalue weighted by molar-refractivity contribution is -0.141. The van der Waals surface area contributed by atoms with Crippen LogP contribution in [0.5, 0.6) is 0 Å². The molecule has 0 saturated carbocycles. The van der Waals surface area contributed by atoms with Crippen LogP contribution in [0.15, 0.2) is 48.6 Å². The lowest BCUT2D eigenvalue weighted by Crippen LogP contribution is -1.99. The molecule has 0 saturated heterocycles. The fourth-order valence-corrected chi connectivity index (χ4v) is 2.58.